The van der Waals surface area contributed by atoms with Gasteiger partial charge in [0.1, 0.15) is 0 Å². The van der Waals surface area contributed by atoms with Crippen LogP contribution in [0.3, 0.4) is 0 Å². The molecule has 3 rings (SSSR count). The minimum atomic E-state index is -0.595. The number of nitrogens with one attached hydrogen (secondary N) is 1. The van der Waals surface area contributed by atoms with E-state index in [0.29, 0.717) is 19.6 Å². The van der Waals surface area contributed by atoms with E-state index >= 15 is 0 Å². The van der Waals surface area contributed by atoms with E-state index in [-0.39, 0.29) is 17.7 Å². The maximum absolute atomic E-state index is 12.2. The van der Waals surface area contributed by atoms with Gasteiger partial charge in [0.05, 0.1) is 5.54 Å². The molecular weight excluding hydrogens is 278 g/mol. The molecule has 2 amide bonds. The van der Waals surface area contributed by atoms with Crippen LogP contribution in [-0.4, -0.2) is 35.3 Å². The zero-order chi connectivity index (χ0) is 15.6. The SMILES string of the molecule is NC1(C(=O)N2CCC(C(=O)NCc3ccccc3)CC2)CC1. The fourth-order valence-corrected chi connectivity index (χ4v) is 2.94. The number of piperidine rings is 1. The third kappa shape index (κ3) is 3.30. The highest BCUT2D eigenvalue weighted by molar-refractivity contribution is 5.89. The van der Waals surface area contributed by atoms with Crippen LogP contribution in [-0.2, 0) is 16.1 Å². The molecular formula is C17H23N3O2. The summed E-state index contributed by atoms with van der Waals surface area (Å²) in [5.74, 6) is 0.154. The summed E-state index contributed by atoms with van der Waals surface area (Å²) in [5, 5.41) is 2.99. The molecule has 2 fully saturated rings. The minimum absolute atomic E-state index is 0.000639. The summed E-state index contributed by atoms with van der Waals surface area (Å²) in [6.07, 6.45) is 3.04. The van der Waals surface area contributed by atoms with Gasteiger partial charge in [-0.25, -0.2) is 0 Å². The molecule has 1 saturated heterocycles. The molecule has 0 aromatic heterocycles. The standard InChI is InChI=1S/C17H23N3O2/c18-17(8-9-17)16(22)20-10-6-14(7-11-20)15(21)19-12-13-4-2-1-3-5-13/h1-5,14H,6-12,18H2,(H,19,21). The van der Waals surface area contributed by atoms with Crippen LogP contribution in [0, 0.1) is 5.92 Å². The smallest absolute Gasteiger partial charge is 0.242 e. The zero-order valence-corrected chi connectivity index (χ0v) is 12.8. The summed E-state index contributed by atoms with van der Waals surface area (Å²) >= 11 is 0. The first-order valence-electron chi connectivity index (χ1n) is 7.98. The average Bonchev–Trinajstić information content (AvgIpc) is 3.32. The summed E-state index contributed by atoms with van der Waals surface area (Å²) in [5.41, 5.74) is 6.46. The summed E-state index contributed by atoms with van der Waals surface area (Å²) in [6.45, 7) is 1.84. The summed E-state index contributed by atoms with van der Waals surface area (Å²) in [6, 6.07) is 9.89. The highest BCUT2D eigenvalue weighted by Gasteiger charge is 2.48. The van der Waals surface area contributed by atoms with Crippen molar-refractivity contribution in [3.05, 3.63) is 35.9 Å². The summed E-state index contributed by atoms with van der Waals surface area (Å²) in [7, 11) is 0. The van der Waals surface area contributed by atoms with E-state index < -0.39 is 5.54 Å². The molecule has 0 atom stereocenters. The van der Waals surface area contributed by atoms with E-state index in [1.807, 2.05) is 35.2 Å². The number of benzene rings is 1. The molecule has 1 aromatic rings. The Bertz CT molecular complexity index is 546. The van der Waals surface area contributed by atoms with Crippen LogP contribution in [0.2, 0.25) is 0 Å². The van der Waals surface area contributed by atoms with E-state index in [2.05, 4.69) is 5.32 Å². The van der Waals surface area contributed by atoms with Crippen LogP contribution in [0.5, 0.6) is 0 Å². The molecule has 5 heteroatoms. The second kappa shape index (κ2) is 6.08. The Morgan fingerprint density at radius 1 is 1.18 bits per heavy atom. The van der Waals surface area contributed by atoms with Gasteiger partial charge in [0.25, 0.3) is 0 Å². The van der Waals surface area contributed by atoms with Crippen molar-refractivity contribution in [3.63, 3.8) is 0 Å². The second-order valence-corrected chi connectivity index (χ2v) is 6.43. The fraction of sp³-hybridized carbons (Fsp3) is 0.529. The molecule has 1 aromatic carbocycles. The first-order chi connectivity index (χ1) is 10.6. The lowest BCUT2D eigenvalue weighted by Crippen LogP contribution is -2.50. The number of carbonyl (C=O) groups is 2. The molecule has 1 aliphatic heterocycles. The summed E-state index contributed by atoms with van der Waals surface area (Å²) in [4.78, 5) is 26.2. The van der Waals surface area contributed by atoms with Gasteiger partial charge in [-0.05, 0) is 31.2 Å². The first-order valence-corrected chi connectivity index (χ1v) is 7.98. The van der Waals surface area contributed by atoms with Gasteiger partial charge in [-0.15, -0.1) is 0 Å². The average molecular weight is 301 g/mol. The van der Waals surface area contributed by atoms with Gasteiger partial charge in [0, 0.05) is 25.6 Å². The molecule has 1 heterocycles. The lowest BCUT2D eigenvalue weighted by molar-refractivity contribution is -0.137. The van der Waals surface area contributed by atoms with E-state index in [1.165, 1.54) is 0 Å². The van der Waals surface area contributed by atoms with Crippen LogP contribution < -0.4 is 11.1 Å². The third-order valence-corrected chi connectivity index (χ3v) is 4.68. The van der Waals surface area contributed by atoms with E-state index in [0.717, 1.165) is 31.2 Å². The molecule has 2 aliphatic rings. The van der Waals surface area contributed by atoms with Crippen LogP contribution in [0.25, 0.3) is 0 Å². The maximum Gasteiger partial charge on any atom is 0.242 e. The van der Waals surface area contributed by atoms with Gasteiger partial charge in [-0.1, -0.05) is 30.3 Å². The molecule has 22 heavy (non-hydrogen) atoms. The number of nitrogens with zero attached hydrogens (tertiary/aromatic N) is 1. The molecule has 0 radical (unpaired) electrons. The van der Waals surface area contributed by atoms with Crippen molar-refractivity contribution in [1.29, 1.82) is 0 Å². The predicted octanol–water partition coefficient (Wildman–Crippen LogP) is 1.03. The van der Waals surface area contributed by atoms with Crippen LogP contribution in [0.15, 0.2) is 30.3 Å². The van der Waals surface area contributed by atoms with E-state index in [4.69, 9.17) is 5.73 Å². The predicted molar refractivity (Wildman–Crippen MR) is 83.7 cm³/mol. The van der Waals surface area contributed by atoms with Gasteiger partial charge < -0.3 is 16.0 Å². The number of likely N-dealkylation sites (tertiary alicyclic amines) is 1. The first kappa shape index (κ1) is 15.0. The van der Waals surface area contributed by atoms with Crippen molar-refractivity contribution in [2.45, 2.75) is 37.8 Å². The normalized spacial score (nSPS) is 20.5. The number of hydrogen-bond donors (Lipinski definition) is 2. The Morgan fingerprint density at radius 2 is 1.82 bits per heavy atom. The lowest BCUT2D eigenvalue weighted by atomic mass is 9.95. The number of hydrogen-bond acceptors (Lipinski definition) is 3. The number of amides is 2. The lowest BCUT2D eigenvalue weighted by Gasteiger charge is -2.33. The van der Waals surface area contributed by atoms with Gasteiger partial charge in [0.15, 0.2) is 0 Å². The van der Waals surface area contributed by atoms with Crippen molar-refractivity contribution in [2.75, 3.05) is 13.1 Å². The Morgan fingerprint density at radius 3 is 2.41 bits per heavy atom. The van der Waals surface area contributed by atoms with Crippen molar-refractivity contribution in [3.8, 4) is 0 Å². The Hall–Kier alpha value is -1.88. The monoisotopic (exact) mass is 301 g/mol. The number of rotatable bonds is 4. The number of nitrogens with two attached hydrogens (primary N) is 1. The van der Waals surface area contributed by atoms with Crippen LogP contribution in [0.1, 0.15) is 31.2 Å². The Labute approximate surface area is 130 Å². The second-order valence-electron chi connectivity index (χ2n) is 6.43. The maximum atomic E-state index is 12.2. The van der Waals surface area contributed by atoms with Crippen molar-refractivity contribution in [1.82, 2.24) is 10.2 Å². The zero-order valence-electron chi connectivity index (χ0n) is 12.8. The molecule has 118 valence electrons. The third-order valence-electron chi connectivity index (χ3n) is 4.68. The van der Waals surface area contributed by atoms with Crippen LogP contribution in [0.4, 0.5) is 0 Å². The molecule has 0 unspecified atom stereocenters. The summed E-state index contributed by atoms with van der Waals surface area (Å²) < 4.78 is 0. The van der Waals surface area contributed by atoms with Gasteiger partial charge in [-0.2, -0.15) is 0 Å². The van der Waals surface area contributed by atoms with Crippen molar-refractivity contribution in [2.24, 2.45) is 11.7 Å². The Balaban J connectivity index is 1.45. The highest BCUT2D eigenvalue weighted by Crippen LogP contribution is 2.35. The molecule has 1 aliphatic carbocycles. The molecule has 1 saturated carbocycles. The van der Waals surface area contributed by atoms with Gasteiger partial charge >= 0.3 is 0 Å². The number of carbonyl (C=O) groups excluding carboxylic acids is 2. The molecule has 5 nitrogen and oxygen atoms in total. The fourth-order valence-electron chi connectivity index (χ4n) is 2.94. The quantitative estimate of drug-likeness (QED) is 0.872. The van der Waals surface area contributed by atoms with Crippen molar-refractivity contribution < 1.29 is 9.59 Å². The van der Waals surface area contributed by atoms with Gasteiger partial charge in [0.2, 0.25) is 11.8 Å². The van der Waals surface area contributed by atoms with Crippen molar-refractivity contribution >= 4 is 11.8 Å². The molecule has 3 N–H and O–H groups in total. The molecule has 0 bridgehead atoms. The van der Waals surface area contributed by atoms with E-state index in [9.17, 15) is 9.59 Å². The largest absolute Gasteiger partial charge is 0.352 e. The van der Waals surface area contributed by atoms with Gasteiger partial charge in [-0.3, -0.25) is 9.59 Å². The van der Waals surface area contributed by atoms with E-state index in [1.54, 1.807) is 0 Å². The minimum Gasteiger partial charge on any atom is -0.352 e. The highest BCUT2D eigenvalue weighted by atomic mass is 16.2. The molecule has 0 spiro atoms. The van der Waals surface area contributed by atoms with Crippen LogP contribution >= 0.6 is 0 Å². The Kier molecular flexibility index (Phi) is 4.16. The topological polar surface area (TPSA) is 75.4 Å².